The Balaban J connectivity index is 1.64. The third-order valence-electron chi connectivity index (χ3n) is 7.34. The first-order chi connectivity index (χ1) is 17.9. The van der Waals surface area contributed by atoms with Gasteiger partial charge in [-0.15, -0.1) is 0 Å². The molecule has 36 heavy (non-hydrogen) atoms. The second-order valence-corrected chi connectivity index (χ2v) is 9.28. The van der Waals surface area contributed by atoms with Crippen molar-refractivity contribution in [1.29, 1.82) is 0 Å². The summed E-state index contributed by atoms with van der Waals surface area (Å²) < 4.78 is 4.70. The Bertz CT molecular complexity index is 2080. The SMILES string of the molecule is c1ccc(-n2c3cc4c5ccccc5n(-c5ccccn5)c4cc3c3c4ccccc4ccc32)cc1. The van der Waals surface area contributed by atoms with Gasteiger partial charge in [0.15, 0.2) is 0 Å². The van der Waals surface area contributed by atoms with Gasteiger partial charge < -0.3 is 4.57 Å². The van der Waals surface area contributed by atoms with Crippen LogP contribution in [0.15, 0.2) is 128 Å². The van der Waals surface area contributed by atoms with Crippen LogP contribution in [0.2, 0.25) is 0 Å². The highest BCUT2D eigenvalue weighted by Gasteiger charge is 2.19. The molecule has 168 valence electrons. The van der Waals surface area contributed by atoms with E-state index in [0.29, 0.717) is 0 Å². The predicted octanol–water partition coefficient (Wildman–Crippen LogP) is 8.43. The molecule has 0 atom stereocenters. The molecule has 3 heterocycles. The van der Waals surface area contributed by atoms with Gasteiger partial charge in [0.05, 0.1) is 22.1 Å². The minimum Gasteiger partial charge on any atom is -0.309 e. The normalized spacial score (nSPS) is 11.9. The average molecular weight is 460 g/mol. The molecule has 0 spiro atoms. The Morgan fingerprint density at radius 1 is 0.444 bits per heavy atom. The quantitative estimate of drug-likeness (QED) is 0.254. The summed E-state index contributed by atoms with van der Waals surface area (Å²) in [7, 11) is 0. The largest absolute Gasteiger partial charge is 0.309 e. The van der Waals surface area contributed by atoms with Crippen LogP contribution in [0.1, 0.15) is 0 Å². The van der Waals surface area contributed by atoms with E-state index < -0.39 is 0 Å². The first-order valence-corrected chi connectivity index (χ1v) is 12.2. The highest BCUT2D eigenvalue weighted by atomic mass is 15.1. The number of nitrogens with zero attached hydrogens (tertiary/aromatic N) is 3. The molecule has 0 radical (unpaired) electrons. The van der Waals surface area contributed by atoms with Crippen LogP contribution in [-0.4, -0.2) is 14.1 Å². The number of aromatic nitrogens is 3. The number of fused-ring (bicyclic) bond motifs is 8. The molecule has 0 aliphatic heterocycles. The zero-order chi connectivity index (χ0) is 23.6. The molecular formula is C33H21N3. The number of para-hydroxylation sites is 2. The van der Waals surface area contributed by atoms with Crippen LogP contribution in [0.25, 0.3) is 65.9 Å². The minimum atomic E-state index is 0.930. The molecule has 5 aromatic carbocycles. The molecule has 3 nitrogen and oxygen atoms in total. The summed E-state index contributed by atoms with van der Waals surface area (Å²) in [6.45, 7) is 0. The summed E-state index contributed by atoms with van der Waals surface area (Å²) in [6, 6.07) is 43.3. The van der Waals surface area contributed by atoms with E-state index in [0.717, 1.165) is 5.82 Å². The van der Waals surface area contributed by atoms with Crippen molar-refractivity contribution >= 4 is 54.4 Å². The van der Waals surface area contributed by atoms with E-state index in [4.69, 9.17) is 4.98 Å². The Morgan fingerprint density at radius 2 is 1.17 bits per heavy atom. The van der Waals surface area contributed by atoms with Crippen LogP contribution in [0, 0.1) is 0 Å². The van der Waals surface area contributed by atoms with Gasteiger partial charge in [-0.2, -0.15) is 0 Å². The van der Waals surface area contributed by atoms with Gasteiger partial charge in [0, 0.05) is 33.4 Å². The molecule has 0 unspecified atom stereocenters. The van der Waals surface area contributed by atoms with Gasteiger partial charge in [-0.25, -0.2) is 4.98 Å². The predicted molar refractivity (Wildman–Crippen MR) is 150 cm³/mol. The van der Waals surface area contributed by atoms with Crippen molar-refractivity contribution in [3.8, 4) is 11.5 Å². The molecular weight excluding hydrogens is 438 g/mol. The van der Waals surface area contributed by atoms with Crippen molar-refractivity contribution in [3.05, 3.63) is 128 Å². The second kappa shape index (κ2) is 7.30. The van der Waals surface area contributed by atoms with Crippen LogP contribution in [0.5, 0.6) is 0 Å². The van der Waals surface area contributed by atoms with Crippen molar-refractivity contribution in [2.45, 2.75) is 0 Å². The maximum Gasteiger partial charge on any atom is 0.137 e. The first kappa shape index (κ1) is 19.4. The monoisotopic (exact) mass is 459 g/mol. The molecule has 0 saturated carbocycles. The highest BCUT2D eigenvalue weighted by molar-refractivity contribution is 6.25. The zero-order valence-electron chi connectivity index (χ0n) is 19.5. The van der Waals surface area contributed by atoms with Gasteiger partial charge in [-0.1, -0.05) is 72.8 Å². The molecule has 0 saturated heterocycles. The zero-order valence-corrected chi connectivity index (χ0v) is 19.5. The van der Waals surface area contributed by atoms with Crippen LogP contribution in [0.4, 0.5) is 0 Å². The maximum atomic E-state index is 4.72. The fourth-order valence-corrected chi connectivity index (χ4v) is 5.84. The number of rotatable bonds is 2. The number of hydrogen-bond donors (Lipinski definition) is 0. The maximum absolute atomic E-state index is 4.72. The number of pyridine rings is 1. The van der Waals surface area contributed by atoms with E-state index in [-0.39, 0.29) is 0 Å². The summed E-state index contributed by atoms with van der Waals surface area (Å²) >= 11 is 0. The molecule has 3 heteroatoms. The Hall–Kier alpha value is -4.89. The fraction of sp³-hybridized carbons (Fsp3) is 0. The van der Waals surface area contributed by atoms with Crippen molar-refractivity contribution in [1.82, 2.24) is 14.1 Å². The molecule has 0 bridgehead atoms. The lowest BCUT2D eigenvalue weighted by Crippen LogP contribution is -1.96. The van der Waals surface area contributed by atoms with Crippen LogP contribution < -0.4 is 0 Å². The van der Waals surface area contributed by atoms with Crippen molar-refractivity contribution in [3.63, 3.8) is 0 Å². The van der Waals surface area contributed by atoms with E-state index >= 15 is 0 Å². The molecule has 3 aromatic heterocycles. The van der Waals surface area contributed by atoms with E-state index in [2.05, 4.69) is 124 Å². The molecule has 8 aromatic rings. The molecule has 0 fully saturated rings. The molecule has 8 rings (SSSR count). The lowest BCUT2D eigenvalue weighted by atomic mass is 10.0. The lowest BCUT2D eigenvalue weighted by Gasteiger charge is -2.08. The lowest BCUT2D eigenvalue weighted by molar-refractivity contribution is 1.08. The first-order valence-electron chi connectivity index (χ1n) is 12.2. The van der Waals surface area contributed by atoms with Crippen molar-refractivity contribution < 1.29 is 0 Å². The summed E-state index contributed by atoms with van der Waals surface area (Å²) in [5, 5.41) is 7.52. The smallest absolute Gasteiger partial charge is 0.137 e. The van der Waals surface area contributed by atoms with Crippen molar-refractivity contribution in [2.24, 2.45) is 0 Å². The molecule has 0 aliphatic rings. The third-order valence-corrected chi connectivity index (χ3v) is 7.34. The van der Waals surface area contributed by atoms with Crippen LogP contribution in [0.3, 0.4) is 0 Å². The van der Waals surface area contributed by atoms with E-state index in [1.807, 2.05) is 12.3 Å². The second-order valence-electron chi connectivity index (χ2n) is 9.28. The summed E-state index contributed by atoms with van der Waals surface area (Å²) in [5.74, 6) is 0.930. The van der Waals surface area contributed by atoms with Gasteiger partial charge in [-0.3, -0.25) is 4.57 Å². The average Bonchev–Trinajstić information content (AvgIpc) is 3.45. The standard InChI is InChI=1S/C33H21N3/c1-2-11-23(12-3-1)35-29-18-17-22-10-4-5-13-24(22)33(29)27-21-30-26(20-31(27)35)25-14-6-7-15-28(25)36(30)32-16-8-9-19-34-32/h1-21H. The van der Waals surface area contributed by atoms with Gasteiger partial charge in [-0.05, 0) is 59.3 Å². The Labute approximate surface area is 207 Å². The summed E-state index contributed by atoms with van der Waals surface area (Å²) in [4.78, 5) is 4.72. The summed E-state index contributed by atoms with van der Waals surface area (Å²) in [6.07, 6.45) is 1.86. The fourth-order valence-electron chi connectivity index (χ4n) is 5.84. The highest BCUT2D eigenvalue weighted by Crippen LogP contribution is 2.41. The van der Waals surface area contributed by atoms with Crippen LogP contribution >= 0.6 is 0 Å². The number of benzene rings is 5. The van der Waals surface area contributed by atoms with Gasteiger partial charge in [0.2, 0.25) is 0 Å². The Morgan fingerprint density at radius 3 is 2.03 bits per heavy atom. The van der Waals surface area contributed by atoms with E-state index in [9.17, 15) is 0 Å². The summed E-state index contributed by atoms with van der Waals surface area (Å²) in [5.41, 5.74) is 5.93. The van der Waals surface area contributed by atoms with Gasteiger partial charge >= 0.3 is 0 Å². The van der Waals surface area contributed by atoms with Crippen molar-refractivity contribution in [2.75, 3.05) is 0 Å². The van der Waals surface area contributed by atoms with Crippen LogP contribution in [-0.2, 0) is 0 Å². The number of hydrogen-bond acceptors (Lipinski definition) is 1. The third kappa shape index (κ3) is 2.60. The Kier molecular flexibility index (Phi) is 3.94. The van der Waals surface area contributed by atoms with Gasteiger partial charge in [0.1, 0.15) is 5.82 Å². The van der Waals surface area contributed by atoms with Gasteiger partial charge in [0.25, 0.3) is 0 Å². The molecule has 0 aliphatic carbocycles. The van der Waals surface area contributed by atoms with E-state index in [1.165, 1.54) is 60.1 Å². The van der Waals surface area contributed by atoms with E-state index in [1.54, 1.807) is 0 Å². The minimum absolute atomic E-state index is 0.930. The topological polar surface area (TPSA) is 22.8 Å². The molecule has 0 amide bonds. The molecule has 0 N–H and O–H groups in total.